The molecule has 1 aliphatic heterocycles. The summed E-state index contributed by atoms with van der Waals surface area (Å²) in [4.78, 5) is 16.1. The summed E-state index contributed by atoms with van der Waals surface area (Å²) in [6, 6.07) is 9.73. The zero-order valence-electron chi connectivity index (χ0n) is 16.5. The van der Waals surface area contributed by atoms with Crippen molar-refractivity contribution in [3.05, 3.63) is 71.0 Å². The van der Waals surface area contributed by atoms with E-state index < -0.39 is 17.6 Å². The van der Waals surface area contributed by atoms with E-state index in [1.165, 1.54) is 31.4 Å². The number of amides is 1. The third kappa shape index (κ3) is 5.60. The predicted octanol–water partition coefficient (Wildman–Crippen LogP) is 4.21. The van der Waals surface area contributed by atoms with Crippen LogP contribution in [0, 0.1) is 5.82 Å². The van der Waals surface area contributed by atoms with Gasteiger partial charge in [-0.25, -0.2) is 4.39 Å². The van der Waals surface area contributed by atoms with Crippen LogP contribution in [0.5, 0.6) is 5.75 Å². The summed E-state index contributed by atoms with van der Waals surface area (Å²) in [7, 11) is 1.38. The summed E-state index contributed by atoms with van der Waals surface area (Å²) in [6.07, 6.45) is -1.43. The van der Waals surface area contributed by atoms with Crippen LogP contribution in [0.3, 0.4) is 0 Å². The van der Waals surface area contributed by atoms with Gasteiger partial charge in [0.05, 0.1) is 12.7 Å². The van der Waals surface area contributed by atoms with E-state index in [9.17, 15) is 22.4 Å². The minimum absolute atomic E-state index is 0.135. The molecular formula is C22H22F4N2O2. The highest BCUT2D eigenvalue weighted by Crippen LogP contribution is 2.29. The summed E-state index contributed by atoms with van der Waals surface area (Å²) in [6.45, 7) is 2.46. The topological polar surface area (TPSA) is 32.8 Å². The number of ether oxygens (including phenoxy) is 1. The molecule has 0 bridgehead atoms. The van der Waals surface area contributed by atoms with Crippen molar-refractivity contribution < 1.29 is 27.1 Å². The molecule has 0 unspecified atom stereocenters. The van der Waals surface area contributed by atoms with Gasteiger partial charge >= 0.3 is 6.18 Å². The number of alkyl halides is 3. The first kappa shape index (κ1) is 21.8. The Labute approximate surface area is 172 Å². The number of rotatable bonds is 5. The number of piperazine rings is 1. The highest BCUT2D eigenvalue weighted by atomic mass is 19.4. The molecule has 0 spiro atoms. The van der Waals surface area contributed by atoms with Gasteiger partial charge < -0.3 is 9.64 Å². The molecule has 0 saturated carbocycles. The molecule has 30 heavy (non-hydrogen) atoms. The highest BCUT2D eigenvalue weighted by Gasteiger charge is 2.30. The molecule has 0 atom stereocenters. The van der Waals surface area contributed by atoms with Crippen LogP contribution in [0.25, 0.3) is 6.08 Å². The Balaban J connectivity index is 1.53. The van der Waals surface area contributed by atoms with Gasteiger partial charge in [-0.3, -0.25) is 9.69 Å². The summed E-state index contributed by atoms with van der Waals surface area (Å²) in [5, 5.41) is 0. The molecular weight excluding hydrogens is 400 g/mol. The van der Waals surface area contributed by atoms with E-state index in [1.54, 1.807) is 23.1 Å². The van der Waals surface area contributed by atoms with Gasteiger partial charge in [0.2, 0.25) is 5.91 Å². The largest absolute Gasteiger partial charge is 0.494 e. The Kier molecular flexibility index (Phi) is 6.77. The molecule has 2 aromatic carbocycles. The molecule has 4 nitrogen and oxygen atoms in total. The van der Waals surface area contributed by atoms with Gasteiger partial charge in [0.25, 0.3) is 0 Å². The molecule has 0 N–H and O–H groups in total. The second-order valence-corrected chi connectivity index (χ2v) is 7.03. The zero-order valence-corrected chi connectivity index (χ0v) is 16.5. The van der Waals surface area contributed by atoms with Crippen molar-refractivity contribution in [3.63, 3.8) is 0 Å². The van der Waals surface area contributed by atoms with Crippen molar-refractivity contribution >= 4 is 12.0 Å². The molecule has 1 aliphatic rings. The van der Waals surface area contributed by atoms with E-state index >= 15 is 0 Å². The van der Waals surface area contributed by atoms with Crippen molar-refractivity contribution in [1.29, 1.82) is 0 Å². The zero-order chi connectivity index (χ0) is 21.7. The maximum Gasteiger partial charge on any atom is 0.416 e. The van der Waals surface area contributed by atoms with E-state index in [1.807, 2.05) is 4.90 Å². The molecule has 1 fully saturated rings. The summed E-state index contributed by atoms with van der Waals surface area (Å²) in [5.74, 6) is -0.560. The first-order valence-electron chi connectivity index (χ1n) is 9.45. The van der Waals surface area contributed by atoms with Gasteiger partial charge in [0.15, 0.2) is 11.6 Å². The summed E-state index contributed by atoms with van der Waals surface area (Å²) >= 11 is 0. The molecule has 0 aliphatic carbocycles. The van der Waals surface area contributed by atoms with Crippen molar-refractivity contribution in [2.75, 3.05) is 33.3 Å². The van der Waals surface area contributed by atoms with Gasteiger partial charge in [0.1, 0.15) is 0 Å². The fraction of sp³-hybridized carbons (Fsp3) is 0.318. The van der Waals surface area contributed by atoms with Crippen molar-refractivity contribution in [3.8, 4) is 5.75 Å². The molecule has 0 radical (unpaired) electrons. The van der Waals surface area contributed by atoms with Crippen LogP contribution in [0.15, 0.2) is 48.5 Å². The van der Waals surface area contributed by atoms with Gasteiger partial charge in [-0.15, -0.1) is 0 Å². The van der Waals surface area contributed by atoms with Crippen LogP contribution in [-0.2, 0) is 17.5 Å². The minimum atomic E-state index is -4.36. The third-order valence-electron chi connectivity index (χ3n) is 4.94. The smallest absolute Gasteiger partial charge is 0.416 e. The highest BCUT2D eigenvalue weighted by molar-refractivity contribution is 5.91. The molecule has 8 heteroatoms. The SMILES string of the molecule is COc1ccc(C=CC(=O)N2CCN(Cc3cccc(C(F)(F)F)c3)CC2)cc1F. The van der Waals surface area contributed by atoms with E-state index in [0.717, 1.165) is 12.1 Å². The van der Waals surface area contributed by atoms with Crippen molar-refractivity contribution in [2.45, 2.75) is 12.7 Å². The number of hydrogen-bond donors (Lipinski definition) is 0. The van der Waals surface area contributed by atoms with Crippen LogP contribution >= 0.6 is 0 Å². The second kappa shape index (κ2) is 9.30. The Hall–Kier alpha value is -2.87. The van der Waals surface area contributed by atoms with Crippen LogP contribution in [0.2, 0.25) is 0 Å². The lowest BCUT2D eigenvalue weighted by Gasteiger charge is -2.34. The Morgan fingerprint density at radius 3 is 2.47 bits per heavy atom. The van der Waals surface area contributed by atoms with Gasteiger partial charge in [-0.05, 0) is 35.4 Å². The average Bonchev–Trinajstić information content (AvgIpc) is 2.72. The van der Waals surface area contributed by atoms with E-state index in [-0.39, 0.29) is 11.7 Å². The van der Waals surface area contributed by atoms with Gasteiger partial charge in [-0.1, -0.05) is 24.3 Å². The Bertz CT molecular complexity index is 920. The second-order valence-electron chi connectivity index (χ2n) is 7.03. The number of carbonyl (C=O) groups excluding carboxylic acids is 1. The maximum atomic E-state index is 13.7. The first-order valence-corrected chi connectivity index (χ1v) is 9.45. The molecule has 1 amide bonds. The van der Waals surface area contributed by atoms with Crippen LogP contribution in [0.4, 0.5) is 17.6 Å². The number of carbonyl (C=O) groups is 1. The van der Waals surface area contributed by atoms with Gasteiger partial charge in [-0.2, -0.15) is 13.2 Å². The first-order chi connectivity index (χ1) is 14.3. The third-order valence-corrected chi connectivity index (χ3v) is 4.94. The summed E-state index contributed by atoms with van der Waals surface area (Å²) in [5.41, 5.74) is 0.477. The number of hydrogen-bond acceptors (Lipinski definition) is 3. The number of methoxy groups -OCH3 is 1. The summed E-state index contributed by atoms with van der Waals surface area (Å²) < 4.78 is 57.1. The predicted molar refractivity (Wildman–Crippen MR) is 105 cm³/mol. The van der Waals surface area contributed by atoms with E-state index in [4.69, 9.17) is 4.74 Å². The van der Waals surface area contributed by atoms with Crippen molar-refractivity contribution in [2.24, 2.45) is 0 Å². The van der Waals surface area contributed by atoms with Crippen LogP contribution in [0.1, 0.15) is 16.7 Å². The lowest BCUT2D eigenvalue weighted by molar-refractivity contribution is -0.137. The monoisotopic (exact) mass is 422 g/mol. The number of nitrogens with zero attached hydrogens (tertiary/aromatic N) is 2. The molecule has 1 saturated heterocycles. The average molecular weight is 422 g/mol. The van der Waals surface area contributed by atoms with Crippen LogP contribution in [-0.4, -0.2) is 49.0 Å². The van der Waals surface area contributed by atoms with Crippen LogP contribution < -0.4 is 4.74 Å². The molecule has 160 valence electrons. The standard InChI is InChI=1S/C22H22F4N2O2/c1-30-20-7-5-16(14-19(20)23)6-8-21(29)28-11-9-27(10-12-28)15-17-3-2-4-18(13-17)22(24,25)26/h2-8,13-14H,9-12,15H2,1H3. The maximum absolute atomic E-state index is 13.7. The fourth-order valence-electron chi connectivity index (χ4n) is 3.29. The lowest BCUT2D eigenvalue weighted by atomic mass is 10.1. The van der Waals surface area contributed by atoms with Crippen molar-refractivity contribution in [1.82, 2.24) is 9.80 Å². The fourth-order valence-corrected chi connectivity index (χ4v) is 3.29. The lowest BCUT2D eigenvalue weighted by Crippen LogP contribution is -2.47. The normalized spacial score (nSPS) is 15.6. The molecule has 3 rings (SSSR count). The Morgan fingerprint density at radius 2 is 1.83 bits per heavy atom. The van der Waals surface area contributed by atoms with E-state index in [2.05, 4.69) is 0 Å². The van der Waals surface area contributed by atoms with E-state index in [0.29, 0.717) is 43.9 Å². The quantitative estimate of drug-likeness (QED) is 0.535. The minimum Gasteiger partial charge on any atom is -0.494 e. The molecule has 2 aromatic rings. The molecule has 1 heterocycles. The Morgan fingerprint density at radius 1 is 1.10 bits per heavy atom. The van der Waals surface area contributed by atoms with Gasteiger partial charge in [0, 0.05) is 38.8 Å². The number of benzene rings is 2. The number of halogens is 4. The molecule has 0 aromatic heterocycles.